The number of H-pyrrole nitrogens is 1. The summed E-state index contributed by atoms with van der Waals surface area (Å²) in [5, 5.41) is 17.7. The minimum atomic E-state index is -1.27. The molecule has 1 aromatic carbocycles. The quantitative estimate of drug-likeness (QED) is 0.743. The van der Waals surface area contributed by atoms with E-state index in [4.69, 9.17) is 10.4 Å². The van der Waals surface area contributed by atoms with E-state index in [-0.39, 0.29) is 10.9 Å². The first-order valence-electron chi connectivity index (χ1n) is 4.42. The second-order valence-corrected chi connectivity index (χ2v) is 3.21. The molecule has 0 aliphatic rings. The van der Waals surface area contributed by atoms with Crippen molar-refractivity contribution in [2.45, 2.75) is 0 Å². The molecule has 0 amide bonds. The number of rotatable bonds is 1. The average molecular weight is 214 g/mol. The third kappa shape index (κ3) is 1.42. The summed E-state index contributed by atoms with van der Waals surface area (Å²) in [7, 11) is 0. The van der Waals surface area contributed by atoms with Crippen LogP contribution in [0, 0.1) is 11.3 Å². The first-order chi connectivity index (χ1) is 7.63. The second-order valence-electron chi connectivity index (χ2n) is 3.21. The maximum absolute atomic E-state index is 11.7. The molecule has 0 unspecified atom stereocenters. The normalized spacial score (nSPS) is 9.94. The predicted octanol–water partition coefficient (Wildman–Crippen LogP) is 1.10. The number of carbonyl (C=O) groups is 1. The van der Waals surface area contributed by atoms with Crippen molar-refractivity contribution in [2.24, 2.45) is 0 Å². The number of hydrogen-bond acceptors (Lipinski definition) is 3. The zero-order valence-electron chi connectivity index (χ0n) is 8.02. The topological polar surface area (TPSA) is 93.9 Å². The van der Waals surface area contributed by atoms with Crippen molar-refractivity contribution in [2.75, 3.05) is 0 Å². The fourth-order valence-corrected chi connectivity index (χ4v) is 1.45. The molecule has 2 N–H and O–H groups in total. The van der Waals surface area contributed by atoms with E-state index >= 15 is 0 Å². The van der Waals surface area contributed by atoms with Crippen LogP contribution in [-0.4, -0.2) is 16.1 Å². The number of benzene rings is 1. The first-order valence-corrected chi connectivity index (χ1v) is 4.42. The van der Waals surface area contributed by atoms with E-state index in [1.54, 1.807) is 0 Å². The maximum atomic E-state index is 11.7. The van der Waals surface area contributed by atoms with Crippen molar-refractivity contribution >= 4 is 16.9 Å². The molecule has 0 aliphatic heterocycles. The van der Waals surface area contributed by atoms with Crippen molar-refractivity contribution in [1.82, 2.24) is 4.98 Å². The van der Waals surface area contributed by atoms with Crippen molar-refractivity contribution in [3.63, 3.8) is 0 Å². The van der Waals surface area contributed by atoms with Crippen LogP contribution < -0.4 is 5.43 Å². The van der Waals surface area contributed by atoms with E-state index < -0.39 is 11.4 Å². The van der Waals surface area contributed by atoms with Crippen LogP contribution in [0.5, 0.6) is 0 Å². The van der Waals surface area contributed by atoms with Gasteiger partial charge in [0.15, 0.2) is 0 Å². The molecule has 78 valence electrons. The number of aromatic nitrogens is 1. The SMILES string of the molecule is N#Cc1ccc2c(=O)c(C(=O)O)c[nH]c2c1. The largest absolute Gasteiger partial charge is 0.477 e. The molecule has 1 aromatic heterocycles. The van der Waals surface area contributed by atoms with Crippen molar-refractivity contribution < 1.29 is 9.90 Å². The van der Waals surface area contributed by atoms with Crippen LogP contribution in [0.2, 0.25) is 0 Å². The second kappa shape index (κ2) is 3.51. The van der Waals surface area contributed by atoms with Crippen LogP contribution in [0.3, 0.4) is 0 Å². The number of pyridine rings is 1. The molecular formula is C11H6N2O3. The van der Waals surface area contributed by atoms with Crippen LogP contribution in [0.15, 0.2) is 29.2 Å². The highest BCUT2D eigenvalue weighted by Crippen LogP contribution is 2.10. The molecule has 1 heterocycles. The fraction of sp³-hybridized carbons (Fsp3) is 0. The number of fused-ring (bicyclic) bond motifs is 1. The molecule has 5 nitrogen and oxygen atoms in total. The van der Waals surface area contributed by atoms with Gasteiger partial charge in [-0.2, -0.15) is 5.26 Å². The van der Waals surface area contributed by atoms with E-state index in [2.05, 4.69) is 4.98 Å². The third-order valence-corrected chi connectivity index (χ3v) is 2.24. The number of aromatic amines is 1. The van der Waals surface area contributed by atoms with Gasteiger partial charge in [-0.15, -0.1) is 0 Å². The highest BCUT2D eigenvalue weighted by atomic mass is 16.4. The van der Waals surface area contributed by atoms with Gasteiger partial charge in [0.25, 0.3) is 0 Å². The van der Waals surface area contributed by atoms with Crippen LogP contribution in [0.4, 0.5) is 0 Å². The Bertz CT molecular complexity index is 680. The highest BCUT2D eigenvalue weighted by molar-refractivity contribution is 5.92. The zero-order chi connectivity index (χ0) is 11.7. The Hall–Kier alpha value is -2.61. The zero-order valence-corrected chi connectivity index (χ0v) is 8.02. The standard InChI is InChI=1S/C11H6N2O3/c12-4-6-1-2-7-9(3-6)13-5-8(10(7)14)11(15)16/h1-3,5H,(H,13,14)(H,15,16). The van der Waals surface area contributed by atoms with Gasteiger partial charge in [-0.05, 0) is 18.2 Å². The number of carboxylic acid groups (broad SMARTS) is 1. The molecular weight excluding hydrogens is 208 g/mol. The van der Waals surface area contributed by atoms with Gasteiger partial charge in [-0.1, -0.05) is 0 Å². The van der Waals surface area contributed by atoms with Gasteiger partial charge in [0.05, 0.1) is 17.1 Å². The molecule has 0 aliphatic carbocycles. The average Bonchev–Trinajstić information content (AvgIpc) is 2.28. The van der Waals surface area contributed by atoms with Gasteiger partial charge in [0, 0.05) is 11.6 Å². The molecule has 0 bridgehead atoms. The summed E-state index contributed by atoms with van der Waals surface area (Å²) in [6.45, 7) is 0. The molecule has 0 saturated carbocycles. The van der Waals surface area contributed by atoms with Crippen LogP contribution in [0.25, 0.3) is 10.9 Å². The fourth-order valence-electron chi connectivity index (χ4n) is 1.45. The molecule has 0 spiro atoms. The summed E-state index contributed by atoms with van der Waals surface area (Å²) >= 11 is 0. The number of nitrogens with zero attached hydrogens (tertiary/aromatic N) is 1. The summed E-state index contributed by atoms with van der Waals surface area (Å²) in [6, 6.07) is 6.36. The van der Waals surface area contributed by atoms with Crippen molar-refractivity contribution in [3.05, 3.63) is 45.7 Å². The van der Waals surface area contributed by atoms with E-state index in [0.29, 0.717) is 11.1 Å². The minimum absolute atomic E-state index is 0.263. The monoisotopic (exact) mass is 214 g/mol. The van der Waals surface area contributed by atoms with Gasteiger partial charge in [0.2, 0.25) is 5.43 Å². The van der Waals surface area contributed by atoms with Crippen LogP contribution in [-0.2, 0) is 0 Å². The molecule has 0 radical (unpaired) electrons. The lowest BCUT2D eigenvalue weighted by molar-refractivity contribution is 0.0695. The van der Waals surface area contributed by atoms with Gasteiger partial charge in [-0.25, -0.2) is 4.79 Å². The lowest BCUT2D eigenvalue weighted by atomic mass is 10.1. The van der Waals surface area contributed by atoms with Crippen LogP contribution in [0.1, 0.15) is 15.9 Å². The molecule has 16 heavy (non-hydrogen) atoms. The van der Waals surface area contributed by atoms with E-state index in [9.17, 15) is 9.59 Å². The van der Waals surface area contributed by atoms with Crippen molar-refractivity contribution in [3.8, 4) is 6.07 Å². The molecule has 5 heteroatoms. The summed E-state index contributed by atoms with van der Waals surface area (Å²) in [4.78, 5) is 25.1. The van der Waals surface area contributed by atoms with Crippen molar-refractivity contribution in [1.29, 1.82) is 5.26 Å². The van der Waals surface area contributed by atoms with Gasteiger partial charge in [0.1, 0.15) is 5.56 Å². The maximum Gasteiger partial charge on any atom is 0.341 e. The van der Waals surface area contributed by atoms with E-state index in [0.717, 1.165) is 6.20 Å². The minimum Gasteiger partial charge on any atom is -0.477 e. The number of nitriles is 1. The Morgan fingerprint density at radius 2 is 2.19 bits per heavy atom. The van der Waals surface area contributed by atoms with Gasteiger partial charge >= 0.3 is 5.97 Å². The van der Waals surface area contributed by atoms with Gasteiger partial charge in [-0.3, -0.25) is 4.79 Å². The molecule has 2 aromatic rings. The van der Waals surface area contributed by atoms with Crippen LogP contribution >= 0.6 is 0 Å². The Morgan fingerprint density at radius 1 is 1.44 bits per heavy atom. The van der Waals surface area contributed by atoms with Gasteiger partial charge < -0.3 is 10.1 Å². The number of carboxylic acids is 1. The number of aromatic carboxylic acids is 1. The van der Waals surface area contributed by atoms with E-state index in [1.807, 2.05) is 6.07 Å². The molecule has 0 fully saturated rings. The highest BCUT2D eigenvalue weighted by Gasteiger charge is 2.11. The smallest absolute Gasteiger partial charge is 0.341 e. The Labute approximate surface area is 89.6 Å². The molecule has 2 rings (SSSR count). The molecule has 0 atom stereocenters. The lowest BCUT2D eigenvalue weighted by Crippen LogP contribution is -2.15. The number of nitrogens with one attached hydrogen (secondary N) is 1. The summed E-state index contributed by atoms with van der Waals surface area (Å²) in [6.07, 6.45) is 1.13. The lowest BCUT2D eigenvalue weighted by Gasteiger charge is -1.99. The Kier molecular flexibility index (Phi) is 2.18. The Balaban J connectivity index is 2.83. The first kappa shape index (κ1) is 9.93. The summed E-state index contributed by atoms with van der Waals surface area (Å²) < 4.78 is 0. The summed E-state index contributed by atoms with van der Waals surface area (Å²) in [5.74, 6) is -1.27. The predicted molar refractivity (Wildman–Crippen MR) is 56.2 cm³/mol. The third-order valence-electron chi connectivity index (χ3n) is 2.24. The van der Waals surface area contributed by atoms with E-state index in [1.165, 1.54) is 18.2 Å². The Morgan fingerprint density at radius 3 is 2.81 bits per heavy atom. The summed E-state index contributed by atoms with van der Waals surface area (Å²) in [5.41, 5.74) is 0.00298. The molecule has 0 saturated heterocycles. The number of hydrogen-bond donors (Lipinski definition) is 2.